The van der Waals surface area contributed by atoms with Gasteiger partial charge < -0.3 is 5.32 Å². The summed E-state index contributed by atoms with van der Waals surface area (Å²) in [6.45, 7) is 0.316. The Balaban J connectivity index is 1.90. The predicted octanol–water partition coefficient (Wildman–Crippen LogP) is 0.588. The number of primary sulfonamides is 1. The topological polar surface area (TPSA) is 102 Å². The van der Waals surface area contributed by atoms with Crippen molar-refractivity contribution in [2.24, 2.45) is 5.14 Å². The van der Waals surface area contributed by atoms with Crippen LogP contribution in [0.25, 0.3) is 0 Å². The van der Waals surface area contributed by atoms with E-state index < -0.39 is 10.0 Å². The number of hydrogen-bond acceptors (Lipinski definition) is 4. The van der Waals surface area contributed by atoms with Gasteiger partial charge in [-0.05, 0) is 29.8 Å². The van der Waals surface area contributed by atoms with Crippen LogP contribution in [-0.4, -0.2) is 19.3 Å². The minimum atomic E-state index is -3.69. The second-order valence-electron chi connectivity index (χ2n) is 4.46. The molecule has 0 aliphatic rings. The zero-order chi connectivity index (χ0) is 15.3. The van der Waals surface area contributed by atoms with E-state index in [0.717, 1.165) is 5.56 Å². The number of rotatable bonds is 5. The third-order valence-corrected chi connectivity index (χ3v) is 3.74. The highest BCUT2D eigenvalue weighted by atomic mass is 32.2. The molecule has 110 valence electrons. The van der Waals surface area contributed by atoms with E-state index in [1.54, 1.807) is 30.5 Å². The molecule has 1 heterocycles. The Morgan fingerprint density at radius 2 is 1.86 bits per heavy atom. The average Bonchev–Trinajstić information content (AvgIpc) is 2.46. The Kier molecular flexibility index (Phi) is 4.66. The van der Waals surface area contributed by atoms with E-state index in [2.05, 4.69) is 10.3 Å². The lowest BCUT2D eigenvalue weighted by Gasteiger charge is -2.06. The summed E-state index contributed by atoms with van der Waals surface area (Å²) in [5, 5.41) is 7.76. The van der Waals surface area contributed by atoms with Crippen LogP contribution in [0.15, 0.2) is 53.6 Å². The lowest BCUT2D eigenvalue weighted by Crippen LogP contribution is -2.24. The van der Waals surface area contributed by atoms with E-state index in [4.69, 9.17) is 5.14 Å². The maximum atomic E-state index is 11.7. The van der Waals surface area contributed by atoms with Crippen molar-refractivity contribution in [1.29, 1.82) is 0 Å². The number of carbonyl (C=O) groups excluding carboxylic acids is 1. The summed E-state index contributed by atoms with van der Waals surface area (Å²) in [6.07, 6.45) is 1.84. The van der Waals surface area contributed by atoms with Crippen LogP contribution < -0.4 is 10.5 Å². The SMILES string of the molecule is NS(=O)(=O)c1ccc(CNC(=O)Cc2ccccn2)cc1. The van der Waals surface area contributed by atoms with E-state index >= 15 is 0 Å². The minimum Gasteiger partial charge on any atom is -0.352 e. The molecule has 0 spiro atoms. The number of benzene rings is 1. The van der Waals surface area contributed by atoms with Crippen molar-refractivity contribution in [3.8, 4) is 0 Å². The quantitative estimate of drug-likeness (QED) is 0.843. The molecule has 0 aliphatic carbocycles. The van der Waals surface area contributed by atoms with Crippen molar-refractivity contribution in [2.45, 2.75) is 17.9 Å². The van der Waals surface area contributed by atoms with Crippen LogP contribution in [-0.2, 0) is 27.8 Å². The lowest BCUT2D eigenvalue weighted by molar-refractivity contribution is -0.120. The Hall–Kier alpha value is -2.25. The largest absolute Gasteiger partial charge is 0.352 e. The molecule has 21 heavy (non-hydrogen) atoms. The zero-order valence-corrected chi connectivity index (χ0v) is 12.0. The summed E-state index contributed by atoms with van der Waals surface area (Å²) >= 11 is 0. The van der Waals surface area contributed by atoms with Gasteiger partial charge in [-0.25, -0.2) is 13.6 Å². The van der Waals surface area contributed by atoms with Gasteiger partial charge in [-0.15, -0.1) is 0 Å². The fourth-order valence-electron chi connectivity index (χ4n) is 1.73. The number of nitrogens with two attached hydrogens (primary N) is 1. The third kappa shape index (κ3) is 4.66. The molecule has 0 saturated carbocycles. The molecule has 1 aromatic heterocycles. The molecule has 6 nitrogen and oxygen atoms in total. The Morgan fingerprint density at radius 1 is 1.14 bits per heavy atom. The number of hydrogen-bond donors (Lipinski definition) is 2. The highest BCUT2D eigenvalue weighted by molar-refractivity contribution is 7.89. The first-order valence-corrected chi connectivity index (χ1v) is 7.78. The van der Waals surface area contributed by atoms with Crippen molar-refractivity contribution < 1.29 is 13.2 Å². The van der Waals surface area contributed by atoms with Crippen LogP contribution in [0.3, 0.4) is 0 Å². The van der Waals surface area contributed by atoms with Crippen LogP contribution in [0.2, 0.25) is 0 Å². The molecule has 0 fully saturated rings. The predicted molar refractivity (Wildman–Crippen MR) is 77.6 cm³/mol. The van der Waals surface area contributed by atoms with Crippen LogP contribution >= 0.6 is 0 Å². The van der Waals surface area contributed by atoms with E-state index in [1.165, 1.54) is 12.1 Å². The summed E-state index contributed by atoms with van der Waals surface area (Å²) in [5.41, 5.74) is 1.48. The van der Waals surface area contributed by atoms with Crippen LogP contribution in [0, 0.1) is 0 Å². The number of aromatic nitrogens is 1. The zero-order valence-electron chi connectivity index (χ0n) is 11.2. The van der Waals surface area contributed by atoms with Crippen LogP contribution in [0.4, 0.5) is 0 Å². The number of carbonyl (C=O) groups is 1. The fraction of sp³-hybridized carbons (Fsp3) is 0.143. The summed E-state index contributed by atoms with van der Waals surface area (Å²) in [7, 11) is -3.69. The smallest absolute Gasteiger partial charge is 0.238 e. The third-order valence-electron chi connectivity index (χ3n) is 2.81. The maximum absolute atomic E-state index is 11.7. The van der Waals surface area contributed by atoms with Crippen molar-refractivity contribution >= 4 is 15.9 Å². The van der Waals surface area contributed by atoms with Gasteiger partial charge in [0.15, 0.2) is 0 Å². The second kappa shape index (κ2) is 6.47. The molecule has 0 atom stereocenters. The number of nitrogens with one attached hydrogen (secondary N) is 1. The van der Waals surface area contributed by atoms with Gasteiger partial charge in [-0.3, -0.25) is 9.78 Å². The summed E-state index contributed by atoms with van der Waals surface area (Å²) in [6, 6.07) is 11.4. The van der Waals surface area contributed by atoms with Crippen LogP contribution in [0.1, 0.15) is 11.3 Å². The highest BCUT2D eigenvalue weighted by Crippen LogP contribution is 2.08. The fourth-order valence-corrected chi connectivity index (χ4v) is 2.24. The summed E-state index contributed by atoms with van der Waals surface area (Å²) in [5.74, 6) is -0.149. The van der Waals surface area contributed by atoms with E-state index in [1.807, 2.05) is 6.07 Å². The van der Waals surface area contributed by atoms with Gasteiger partial charge in [0, 0.05) is 18.4 Å². The number of amides is 1. The van der Waals surface area contributed by atoms with E-state index in [9.17, 15) is 13.2 Å². The Morgan fingerprint density at radius 3 is 2.43 bits per heavy atom. The van der Waals surface area contributed by atoms with Gasteiger partial charge in [-0.2, -0.15) is 0 Å². The molecule has 1 amide bonds. The molecule has 2 aromatic rings. The molecule has 0 saturated heterocycles. The lowest BCUT2D eigenvalue weighted by atomic mass is 10.2. The van der Waals surface area contributed by atoms with Gasteiger partial charge in [0.2, 0.25) is 15.9 Å². The van der Waals surface area contributed by atoms with Gasteiger partial charge in [0.1, 0.15) is 0 Å². The van der Waals surface area contributed by atoms with Crippen LogP contribution in [0.5, 0.6) is 0 Å². The van der Waals surface area contributed by atoms with Crippen molar-refractivity contribution in [2.75, 3.05) is 0 Å². The van der Waals surface area contributed by atoms with Gasteiger partial charge in [0.05, 0.1) is 11.3 Å². The van der Waals surface area contributed by atoms with Crippen molar-refractivity contribution in [1.82, 2.24) is 10.3 Å². The molecule has 2 rings (SSSR count). The Labute approximate surface area is 123 Å². The number of nitrogens with zero attached hydrogens (tertiary/aromatic N) is 1. The monoisotopic (exact) mass is 305 g/mol. The molecule has 0 aliphatic heterocycles. The number of pyridine rings is 1. The normalized spacial score (nSPS) is 11.1. The minimum absolute atomic E-state index is 0.0473. The van der Waals surface area contributed by atoms with Crippen molar-refractivity contribution in [3.05, 3.63) is 59.9 Å². The molecule has 0 unspecified atom stereocenters. The molecule has 0 bridgehead atoms. The summed E-state index contributed by atoms with van der Waals surface area (Å²) < 4.78 is 22.2. The van der Waals surface area contributed by atoms with Crippen molar-refractivity contribution in [3.63, 3.8) is 0 Å². The first-order valence-electron chi connectivity index (χ1n) is 6.23. The standard InChI is InChI=1S/C14H15N3O3S/c15-21(19,20)13-6-4-11(5-7-13)10-17-14(18)9-12-3-1-2-8-16-12/h1-8H,9-10H2,(H,17,18)(H2,15,19,20). The first kappa shape index (κ1) is 15.1. The van der Waals surface area contributed by atoms with Gasteiger partial charge >= 0.3 is 0 Å². The summed E-state index contributed by atoms with van der Waals surface area (Å²) in [4.78, 5) is 15.9. The van der Waals surface area contributed by atoms with Gasteiger partial charge in [-0.1, -0.05) is 18.2 Å². The first-order chi connectivity index (χ1) is 9.95. The Bertz CT molecular complexity index is 713. The average molecular weight is 305 g/mol. The van der Waals surface area contributed by atoms with E-state index in [-0.39, 0.29) is 17.2 Å². The maximum Gasteiger partial charge on any atom is 0.238 e. The van der Waals surface area contributed by atoms with Gasteiger partial charge in [0.25, 0.3) is 0 Å². The highest BCUT2D eigenvalue weighted by Gasteiger charge is 2.07. The molecule has 0 radical (unpaired) electrons. The number of sulfonamides is 1. The second-order valence-corrected chi connectivity index (χ2v) is 6.02. The van der Waals surface area contributed by atoms with E-state index in [0.29, 0.717) is 12.2 Å². The molecular formula is C14H15N3O3S. The molecule has 3 N–H and O–H groups in total. The molecule has 7 heteroatoms. The molecule has 1 aromatic carbocycles. The molecular weight excluding hydrogens is 290 g/mol.